The van der Waals surface area contributed by atoms with Gasteiger partial charge in [0.2, 0.25) is 0 Å². The molecule has 2 aromatic carbocycles. The molecule has 236 valence electrons. The van der Waals surface area contributed by atoms with E-state index in [1.165, 1.54) is 6.20 Å². The Morgan fingerprint density at radius 1 is 1.00 bits per heavy atom. The first kappa shape index (κ1) is 31.7. The maximum Gasteiger partial charge on any atom is 0.323 e. The van der Waals surface area contributed by atoms with Gasteiger partial charge >= 0.3 is 12.0 Å². The van der Waals surface area contributed by atoms with Gasteiger partial charge in [0.05, 0.1) is 23.8 Å². The van der Waals surface area contributed by atoms with E-state index in [4.69, 9.17) is 16.3 Å². The second-order valence-corrected chi connectivity index (χ2v) is 11.3. The number of aliphatic carboxylic acids is 1. The van der Waals surface area contributed by atoms with Gasteiger partial charge in [0.1, 0.15) is 6.10 Å². The van der Waals surface area contributed by atoms with E-state index in [-0.39, 0.29) is 24.0 Å². The summed E-state index contributed by atoms with van der Waals surface area (Å²) in [7, 11) is 0. The van der Waals surface area contributed by atoms with Crippen LogP contribution in [0.2, 0.25) is 5.02 Å². The van der Waals surface area contributed by atoms with Gasteiger partial charge < -0.3 is 35.6 Å². The summed E-state index contributed by atoms with van der Waals surface area (Å²) in [6, 6.07) is 13.6. The van der Waals surface area contributed by atoms with Crippen LogP contribution in [0.5, 0.6) is 0 Å². The molecule has 0 radical (unpaired) electrons. The van der Waals surface area contributed by atoms with E-state index < -0.39 is 23.9 Å². The number of halogens is 1. The second-order valence-electron chi connectivity index (χ2n) is 10.9. The standard InChI is InChI=1S/C32H35ClN6O6/c33-23-7-9-24(10-8-23)35-32(44)37-26-18-21(30(42)36-25(19-29(40)41)22-4-1-12-34-20-22)6-11-27(26)38-13-3-14-39(16-15-38)31(43)28-5-2-17-45-28/h1,4,6-12,18,20,25,28H,2-3,5,13-17,19H2,(H,36,42)(H,40,41)(H2,35,37,44). The number of nitrogens with zero attached hydrogens (tertiary/aromatic N) is 3. The zero-order valence-electron chi connectivity index (χ0n) is 24.6. The largest absolute Gasteiger partial charge is 0.481 e. The zero-order chi connectivity index (χ0) is 31.8. The minimum Gasteiger partial charge on any atom is -0.481 e. The number of amides is 4. The van der Waals surface area contributed by atoms with Crippen LogP contribution >= 0.6 is 11.6 Å². The molecular formula is C32H35ClN6O6. The molecule has 2 atom stereocenters. The lowest BCUT2D eigenvalue weighted by atomic mass is 10.0. The van der Waals surface area contributed by atoms with E-state index in [2.05, 4.69) is 25.8 Å². The summed E-state index contributed by atoms with van der Waals surface area (Å²) in [6.45, 7) is 2.81. The van der Waals surface area contributed by atoms with Crippen molar-refractivity contribution in [2.75, 3.05) is 48.3 Å². The predicted molar refractivity (Wildman–Crippen MR) is 170 cm³/mol. The Morgan fingerprint density at radius 2 is 1.82 bits per heavy atom. The zero-order valence-corrected chi connectivity index (χ0v) is 25.3. The van der Waals surface area contributed by atoms with Crippen molar-refractivity contribution in [2.45, 2.75) is 37.8 Å². The highest BCUT2D eigenvalue weighted by molar-refractivity contribution is 6.30. The number of nitrogens with one attached hydrogen (secondary N) is 3. The highest BCUT2D eigenvalue weighted by Crippen LogP contribution is 2.30. The first-order valence-corrected chi connectivity index (χ1v) is 15.2. The van der Waals surface area contributed by atoms with Crippen molar-refractivity contribution in [1.29, 1.82) is 0 Å². The fraction of sp³-hybridized carbons (Fsp3) is 0.344. The van der Waals surface area contributed by atoms with E-state index in [1.807, 2.05) is 4.90 Å². The number of pyridine rings is 1. The van der Waals surface area contributed by atoms with Gasteiger partial charge in [-0.2, -0.15) is 0 Å². The fourth-order valence-corrected chi connectivity index (χ4v) is 5.60. The highest BCUT2D eigenvalue weighted by Gasteiger charge is 2.30. The third-order valence-electron chi connectivity index (χ3n) is 7.73. The van der Waals surface area contributed by atoms with Crippen molar-refractivity contribution in [3.05, 3.63) is 83.1 Å². The highest BCUT2D eigenvalue weighted by atomic mass is 35.5. The normalized spacial score (nSPS) is 17.2. The number of ether oxygens (including phenoxy) is 1. The van der Waals surface area contributed by atoms with Crippen LogP contribution in [0.15, 0.2) is 67.0 Å². The molecule has 0 spiro atoms. The number of anilines is 3. The molecule has 12 nitrogen and oxygen atoms in total. The average molecular weight is 635 g/mol. The van der Waals surface area contributed by atoms with Crippen LogP contribution in [-0.4, -0.2) is 77.7 Å². The lowest BCUT2D eigenvalue weighted by molar-refractivity contribution is -0.140. The molecule has 5 rings (SSSR count). The number of carboxylic acids is 1. The van der Waals surface area contributed by atoms with E-state index in [0.717, 1.165) is 12.8 Å². The molecule has 4 N–H and O–H groups in total. The third-order valence-corrected chi connectivity index (χ3v) is 7.99. The molecule has 3 aromatic rings. The molecule has 2 saturated heterocycles. The summed E-state index contributed by atoms with van der Waals surface area (Å²) in [6.07, 6.45) is 4.67. The lowest BCUT2D eigenvalue weighted by Gasteiger charge is -2.27. The molecule has 1 aromatic heterocycles. The van der Waals surface area contributed by atoms with E-state index in [9.17, 15) is 24.3 Å². The van der Waals surface area contributed by atoms with Crippen LogP contribution in [0.3, 0.4) is 0 Å². The Labute approximate surface area is 265 Å². The number of carbonyl (C=O) groups excluding carboxylic acids is 3. The molecular weight excluding hydrogens is 600 g/mol. The van der Waals surface area contributed by atoms with E-state index >= 15 is 0 Å². The number of benzene rings is 2. The van der Waals surface area contributed by atoms with Crippen LogP contribution in [0.4, 0.5) is 21.9 Å². The number of rotatable bonds is 9. The summed E-state index contributed by atoms with van der Waals surface area (Å²) in [5, 5.41) is 18.4. The summed E-state index contributed by atoms with van der Waals surface area (Å²) >= 11 is 5.98. The third kappa shape index (κ3) is 8.49. The Hall–Kier alpha value is -4.68. The van der Waals surface area contributed by atoms with Crippen molar-refractivity contribution in [3.8, 4) is 0 Å². The number of aromatic nitrogens is 1. The van der Waals surface area contributed by atoms with E-state index in [1.54, 1.807) is 60.8 Å². The van der Waals surface area contributed by atoms with Crippen LogP contribution in [0, 0.1) is 0 Å². The van der Waals surface area contributed by atoms with Gasteiger partial charge in [-0.25, -0.2) is 4.79 Å². The molecule has 13 heteroatoms. The first-order chi connectivity index (χ1) is 21.8. The first-order valence-electron chi connectivity index (χ1n) is 14.8. The summed E-state index contributed by atoms with van der Waals surface area (Å²) in [5.41, 5.74) is 2.36. The maximum absolute atomic E-state index is 13.4. The van der Waals surface area contributed by atoms with Crippen LogP contribution in [0.25, 0.3) is 0 Å². The number of carbonyl (C=O) groups is 4. The number of hydrogen-bond donors (Lipinski definition) is 4. The Bertz CT molecular complexity index is 1520. The topological polar surface area (TPSA) is 153 Å². The van der Waals surface area contributed by atoms with Crippen molar-refractivity contribution in [3.63, 3.8) is 0 Å². The minimum absolute atomic E-state index is 0.00610. The van der Waals surface area contributed by atoms with Gasteiger partial charge in [0.15, 0.2) is 0 Å². The Kier molecular flexibility index (Phi) is 10.5. The smallest absolute Gasteiger partial charge is 0.323 e. The molecule has 2 aliphatic rings. The molecule has 4 amide bonds. The minimum atomic E-state index is -1.08. The quantitative estimate of drug-likeness (QED) is 0.268. The second kappa shape index (κ2) is 14.9. The average Bonchev–Trinajstić information content (AvgIpc) is 3.47. The number of hydrogen-bond acceptors (Lipinski definition) is 7. The van der Waals surface area contributed by atoms with Gasteiger partial charge in [-0.05, 0) is 73.4 Å². The molecule has 2 unspecified atom stereocenters. The molecule has 3 heterocycles. The number of carboxylic acid groups (broad SMARTS) is 1. The molecule has 2 aliphatic heterocycles. The van der Waals surface area contributed by atoms with Crippen molar-refractivity contribution in [1.82, 2.24) is 15.2 Å². The van der Waals surface area contributed by atoms with Crippen LogP contribution in [-0.2, 0) is 14.3 Å². The number of urea groups is 1. The van der Waals surface area contributed by atoms with Gasteiger partial charge in [-0.3, -0.25) is 19.4 Å². The molecule has 0 aliphatic carbocycles. The molecule has 0 bridgehead atoms. The van der Waals surface area contributed by atoms with Gasteiger partial charge in [0.25, 0.3) is 11.8 Å². The molecule has 0 saturated carbocycles. The van der Waals surface area contributed by atoms with Crippen LogP contribution in [0.1, 0.15) is 47.6 Å². The van der Waals surface area contributed by atoms with Gasteiger partial charge in [0, 0.05) is 61.5 Å². The van der Waals surface area contributed by atoms with Gasteiger partial charge in [-0.15, -0.1) is 0 Å². The van der Waals surface area contributed by atoms with Crippen molar-refractivity contribution < 1.29 is 29.0 Å². The monoisotopic (exact) mass is 634 g/mol. The maximum atomic E-state index is 13.4. The van der Waals surface area contributed by atoms with E-state index in [0.29, 0.717) is 66.9 Å². The predicted octanol–water partition coefficient (Wildman–Crippen LogP) is 4.54. The fourth-order valence-electron chi connectivity index (χ4n) is 5.48. The SMILES string of the molecule is O=C(O)CC(NC(=O)c1ccc(N2CCCN(C(=O)C3CCCO3)CC2)c(NC(=O)Nc2ccc(Cl)cc2)c1)c1cccnc1. The molecule has 45 heavy (non-hydrogen) atoms. The van der Waals surface area contributed by atoms with Crippen molar-refractivity contribution in [2.24, 2.45) is 0 Å². The van der Waals surface area contributed by atoms with Gasteiger partial charge in [-0.1, -0.05) is 17.7 Å². The van der Waals surface area contributed by atoms with Crippen molar-refractivity contribution >= 4 is 52.5 Å². The summed E-state index contributed by atoms with van der Waals surface area (Å²) < 4.78 is 5.61. The van der Waals surface area contributed by atoms with Crippen LogP contribution < -0.4 is 20.9 Å². The summed E-state index contributed by atoms with van der Waals surface area (Å²) in [5.74, 6) is -1.58. The summed E-state index contributed by atoms with van der Waals surface area (Å²) in [4.78, 5) is 59.1. The molecule has 2 fully saturated rings. The Balaban J connectivity index is 1.37. The Morgan fingerprint density at radius 3 is 2.53 bits per heavy atom. The lowest BCUT2D eigenvalue weighted by Crippen LogP contribution is -2.41.